The van der Waals surface area contributed by atoms with Gasteiger partial charge in [0, 0.05) is 10.5 Å². The summed E-state index contributed by atoms with van der Waals surface area (Å²) in [7, 11) is 0. The number of hydrogen-bond acceptors (Lipinski definition) is 2. The number of fused-ring (bicyclic) bond motifs is 3. The van der Waals surface area contributed by atoms with Gasteiger partial charge in [0.05, 0.1) is 6.10 Å². The van der Waals surface area contributed by atoms with Gasteiger partial charge in [0.25, 0.3) is 0 Å². The fraction of sp³-hybridized carbons (Fsp3) is 0.517. The van der Waals surface area contributed by atoms with Crippen molar-refractivity contribution < 1.29 is 5.11 Å². The summed E-state index contributed by atoms with van der Waals surface area (Å²) >= 11 is 3.72. The van der Waals surface area contributed by atoms with Gasteiger partial charge in [-0.2, -0.15) is 0 Å². The Morgan fingerprint density at radius 3 is 2.03 bits per heavy atom. The monoisotopic (exact) mass is 497 g/mol. The van der Waals surface area contributed by atoms with E-state index in [0.717, 1.165) is 23.1 Å². The third-order valence-electron chi connectivity index (χ3n) is 6.81. The molecule has 0 saturated heterocycles. The lowest BCUT2D eigenvalue weighted by Gasteiger charge is -2.33. The highest BCUT2D eigenvalue weighted by atomic mass is 79.9. The topological polar surface area (TPSA) is 23.5 Å². The molecular weight excluding hydrogens is 458 g/mol. The average molecular weight is 499 g/mol. The SMILES string of the molecule is CCCCCCN(CCCCCC)[C@H](C)[C@H](O)c1ccc2cc(Br)c3ccccc3c2c1. The van der Waals surface area contributed by atoms with E-state index in [1.165, 1.54) is 72.9 Å². The zero-order valence-electron chi connectivity index (χ0n) is 20.1. The van der Waals surface area contributed by atoms with E-state index >= 15 is 0 Å². The molecule has 0 bridgehead atoms. The molecule has 0 saturated carbocycles. The Morgan fingerprint density at radius 2 is 1.41 bits per heavy atom. The van der Waals surface area contributed by atoms with Crippen molar-refractivity contribution >= 4 is 37.5 Å². The second kappa shape index (κ2) is 12.7. The maximum absolute atomic E-state index is 11.4. The van der Waals surface area contributed by atoms with Gasteiger partial charge in [0.1, 0.15) is 0 Å². The van der Waals surface area contributed by atoms with Crippen molar-refractivity contribution in [1.29, 1.82) is 0 Å². The summed E-state index contributed by atoms with van der Waals surface area (Å²) in [6.07, 6.45) is 9.63. The van der Waals surface area contributed by atoms with Gasteiger partial charge in [-0.25, -0.2) is 0 Å². The molecule has 0 aliphatic heterocycles. The first kappa shape index (κ1) is 25.2. The number of benzene rings is 3. The zero-order valence-corrected chi connectivity index (χ0v) is 21.7. The van der Waals surface area contributed by atoms with E-state index in [0.29, 0.717) is 0 Å². The van der Waals surface area contributed by atoms with E-state index < -0.39 is 6.10 Å². The van der Waals surface area contributed by atoms with Gasteiger partial charge in [0.15, 0.2) is 0 Å². The summed E-state index contributed by atoms with van der Waals surface area (Å²) in [6, 6.07) is 17.3. The highest BCUT2D eigenvalue weighted by Gasteiger charge is 2.23. The van der Waals surface area contributed by atoms with E-state index in [4.69, 9.17) is 0 Å². The first-order valence-corrected chi connectivity index (χ1v) is 13.4. The van der Waals surface area contributed by atoms with Crippen molar-refractivity contribution in [3.8, 4) is 0 Å². The van der Waals surface area contributed by atoms with Gasteiger partial charge >= 0.3 is 0 Å². The first-order chi connectivity index (χ1) is 15.6. The predicted molar refractivity (Wildman–Crippen MR) is 143 cm³/mol. The molecule has 0 amide bonds. The third-order valence-corrected chi connectivity index (χ3v) is 7.46. The van der Waals surface area contributed by atoms with Crippen molar-refractivity contribution in [1.82, 2.24) is 4.90 Å². The number of rotatable bonds is 13. The lowest BCUT2D eigenvalue weighted by atomic mass is 9.95. The molecule has 1 N–H and O–H groups in total. The second-order valence-electron chi connectivity index (χ2n) is 9.23. The summed E-state index contributed by atoms with van der Waals surface area (Å²) in [5, 5.41) is 16.3. The Kier molecular flexibility index (Phi) is 10.0. The summed E-state index contributed by atoms with van der Waals surface area (Å²) in [5.74, 6) is 0. The molecule has 3 rings (SSSR count). The van der Waals surface area contributed by atoms with Crippen LogP contribution < -0.4 is 0 Å². The van der Waals surface area contributed by atoms with Gasteiger partial charge in [0.2, 0.25) is 0 Å². The van der Waals surface area contributed by atoms with E-state index in [1.54, 1.807) is 0 Å². The fourth-order valence-corrected chi connectivity index (χ4v) is 5.33. The molecule has 0 heterocycles. The minimum atomic E-state index is -0.487. The van der Waals surface area contributed by atoms with Crippen LogP contribution in [-0.2, 0) is 0 Å². The molecule has 0 radical (unpaired) electrons. The Balaban J connectivity index is 1.82. The summed E-state index contributed by atoms with van der Waals surface area (Å²) in [6.45, 7) is 8.88. The van der Waals surface area contributed by atoms with Crippen molar-refractivity contribution in [2.24, 2.45) is 0 Å². The van der Waals surface area contributed by atoms with Crippen molar-refractivity contribution in [3.05, 3.63) is 58.6 Å². The first-order valence-electron chi connectivity index (χ1n) is 12.6. The smallest absolute Gasteiger partial charge is 0.0942 e. The molecule has 0 spiro atoms. The van der Waals surface area contributed by atoms with Crippen LogP contribution in [0.4, 0.5) is 0 Å². The fourth-order valence-electron chi connectivity index (χ4n) is 4.74. The van der Waals surface area contributed by atoms with Gasteiger partial charge in [-0.1, -0.05) is 105 Å². The summed E-state index contributed by atoms with van der Waals surface area (Å²) in [5.41, 5.74) is 1.02. The number of hydrogen-bond donors (Lipinski definition) is 1. The van der Waals surface area contributed by atoms with E-state index in [1.807, 2.05) is 0 Å². The van der Waals surface area contributed by atoms with E-state index in [2.05, 4.69) is 90.1 Å². The molecular formula is C29H40BrNO. The van der Waals surface area contributed by atoms with Gasteiger partial charge in [-0.15, -0.1) is 0 Å². The van der Waals surface area contributed by atoms with Crippen LogP contribution in [0, 0.1) is 0 Å². The normalized spacial score (nSPS) is 13.8. The van der Waals surface area contributed by atoms with Crippen LogP contribution in [0.1, 0.15) is 83.8 Å². The lowest BCUT2D eigenvalue weighted by Crippen LogP contribution is -2.39. The van der Waals surface area contributed by atoms with Gasteiger partial charge < -0.3 is 5.11 Å². The summed E-state index contributed by atoms with van der Waals surface area (Å²) < 4.78 is 1.12. The largest absolute Gasteiger partial charge is 0.387 e. The van der Waals surface area contributed by atoms with Gasteiger partial charge in [-0.3, -0.25) is 4.90 Å². The predicted octanol–water partition coefficient (Wildman–Crippen LogP) is 8.64. The molecule has 32 heavy (non-hydrogen) atoms. The second-order valence-corrected chi connectivity index (χ2v) is 10.1. The number of halogens is 1. The molecule has 0 aliphatic rings. The molecule has 0 aliphatic carbocycles. The highest BCUT2D eigenvalue weighted by Crippen LogP contribution is 2.34. The molecule has 0 aromatic heterocycles. The van der Waals surface area contributed by atoms with E-state index in [-0.39, 0.29) is 6.04 Å². The Hall–Kier alpha value is -1.42. The summed E-state index contributed by atoms with van der Waals surface area (Å²) in [4.78, 5) is 2.53. The molecule has 2 atom stereocenters. The molecule has 3 heteroatoms. The molecule has 0 unspecified atom stereocenters. The van der Waals surface area contributed by atoms with Crippen LogP contribution in [0.3, 0.4) is 0 Å². The van der Waals surface area contributed by atoms with Crippen LogP contribution in [0.25, 0.3) is 21.5 Å². The quantitative estimate of drug-likeness (QED) is 0.188. The maximum Gasteiger partial charge on any atom is 0.0942 e. The maximum atomic E-state index is 11.4. The Bertz CT molecular complexity index is 973. The van der Waals surface area contributed by atoms with Crippen LogP contribution >= 0.6 is 15.9 Å². The zero-order chi connectivity index (χ0) is 22.9. The molecule has 174 valence electrons. The molecule has 2 nitrogen and oxygen atoms in total. The van der Waals surface area contributed by atoms with Crippen LogP contribution in [0.5, 0.6) is 0 Å². The lowest BCUT2D eigenvalue weighted by molar-refractivity contribution is 0.0555. The van der Waals surface area contributed by atoms with Crippen LogP contribution in [0.15, 0.2) is 53.0 Å². The number of nitrogens with zero attached hydrogens (tertiary/aromatic N) is 1. The minimum absolute atomic E-state index is 0.109. The van der Waals surface area contributed by atoms with Crippen molar-refractivity contribution in [2.75, 3.05) is 13.1 Å². The average Bonchev–Trinajstić information content (AvgIpc) is 2.82. The molecule has 3 aromatic carbocycles. The van der Waals surface area contributed by atoms with Crippen molar-refractivity contribution in [3.63, 3.8) is 0 Å². The molecule has 0 fully saturated rings. The third kappa shape index (κ3) is 6.34. The van der Waals surface area contributed by atoms with Crippen molar-refractivity contribution in [2.45, 2.75) is 84.3 Å². The highest BCUT2D eigenvalue weighted by molar-refractivity contribution is 9.10. The minimum Gasteiger partial charge on any atom is -0.387 e. The van der Waals surface area contributed by atoms with Crippen LogP contribution in [0.2, 0.25) is 0 Å². The number of unbranched alkanes of at least 4 members (excludes halogenated alkanes) is 6. The standard InChI is InChI=1S/C29H40BrNO/c1-4-6-8-12-18-31(19-13-9-7-5-2)22(3)29(32)24-17-16-23-21-28(30)26-15-11-10-14-25(26)27(23)20-24/h10-11,14-17,20-22,29,32H,4-9,12-13,18-19H2,1-3H3/t22-,29+/m1/s1. The Morgan fingerprint density at radius 1 is 0.781 bits per heavy atom. The van der Waals surface area contributed by atoms with Gasteiger partial charge in [-0.05, 0) is 72.1 Å². The number of aliphatic hydroxyl groups excluding tert-OH is 1. The number of aliphatic hydroxyl groups is 1. The molecule has 3 aromatic rings. The van der Waals surface area contributed by atoms with E-state index in [9.17, 15) is 5.11 Å². The van der Waals surface area contributed by atoms with Crippen LogP contribution in [-0.4, -0.2) is 29.1 Å². The Labute approximate surface area is 203 Å².